The van der Waals surface area contributed by atoms with E-state index in [0.717, 1.165) is 38.4 Å². The Morgan fingerprint density at radius 1 is 1.20 bits per heavy atom. The summed E-state index contributed by atoms with van der Waals surface area (Å²) < 4.78 is 52.4. The molecular formula is C15H13ClF2N2O4S. The normalized spacial score (nSPS) is 11.6. The zero-order chi connectivity index (χ0) is 18.8. The summed E-state index contributed by atoms with van der Waals surface area (Å²) in [4.78, 5) is 16.5. The van der Waals surface area contributed by atoms with Gasteiger partial charge in [-0.1, -0.05) is 22.1 Å². The topological polar surface area (TPSA) is 75.7 Å². The number of hydroxylamine groups is 1. The number of hydrogen-bond donors (Lipinski definition) is 1. The maximum Gasteiger partial charge on any atom is 0.266 e. The Morgan fingerprint density at radius 3 is 2.36 bits per heavy atom. The van der Waals surface area contributed by atoms with Crippen molar-refractivity contribution < 1.29 is 26.8 Å². The SMILES string of the molecule is CON(C)S(=O)(=O)c1cc(C(=O)Nc2c(F)cccc2F)ccc1Cl. The molecule has 0 aromatic heterocycles. The molecule has 2 aromatic carbocycles. The highest BCUT2D eigenvalue weighted by atomic mass is 35.5. The Labute approximate surface area is 148 Å². The van der Waals surface area contributed by atoms with Gasteiger partial charge in [-0.15, -0.1) is 0 Å². The van der Waals surface area contributed by atoms with Gasteiger partial charge in [0.25, 0.3) is 15.9 Å². The number of sulfonamides is 1. The van der Waals surface area contributed by atoms with Gasteiger partial charge in [0.15, 0.2) is 0 Å². The molecule has 0 atom stereocenters. The number of halogens is 3. The lowest BCUT2D eigenvalue weighted by Gasteiger charge is -2.16. The molecule has 6 nitrogen and oxygen atoms in total. The van der Waals surface area contributed by atoms with E-state index in [1.807, 2.05) is 0 Å². The Morgan fingerprint density at radius 2 is 1.80 bits per heavy atom. The number of benzene rings is 2. The van der Waals surface area contributed by atoms with Crippen molar-refractivity contribution in [3.8, 4) is 0 Å². The molecule has 0 aliphatic rings. The summed E-state index contributed by atoms with van der Waals surface area (Å²) >= 11 is 5.88. The molecule has 0 spiro atoms. The highest BCUT2D eigenvalue weighted by molar-refractivity contribution is 7.89. The van der Waals surface area contributed by atoms with Gasteiger partial charge in [-0.05, 0) is 30.3 Å². The van der Waals surface area contributed by atoms with Crippen molar-refractivity contribution in [2.24, 2.45) is 0 Å². The second-order valence-electron chi connectivity index (χ2n) is 4.79. The van der Waals surface area contributed by atoms with Crippen molar-refractivity contribution >= 4 is 33.2 Å². The number of rotatable bonds is 5. The van der Waals surface area contributed by atoms with Crippen LogP contribution < -0.4 is 5.32 Å². The second-order valence-corrected chi connectivity index (χ2v) is 7.10. The lowest BCUT2D eigenvalue weighted by molar-refractivity contribution is -0.0258. The van der Waals surface area contributed by atoms with Crippen LogP contribution in [0.1, 0.15) is 10.4 Å². The van der Waals surface area contributed by atoms with Crippen LogP contribution in [0.15, 0.2) is 41.3 Å². The molecule has 0 unspecified atom stereocenters. The number of carbonyl (C=O) groups excluding carboxylic acids is 1. The zero-order valence-corrected chi connectivity index (χ0v) is 14.7. The van der Waals surface area contributed by atoms with Crippen LogP contribution in [0, 0.1) is 11.6 Å². The van der Waals surface area contributed by atoms with E-state index in [9.17, 15) is 22.0 Å². The Balaban J connectivity index is 2.41. The molecule has 1 N–H and O–H groups in total. The fraction of sp³-hybridized carbons (Fsp3) is 0.133. The van der Waals surface area contributed by atoms with E-state index in [4.69, 9.17) is 11.6 Å². The van der Waals surface area contributed by atoms with Gasteiger partial charge in [0.1, 0.15) is 22.2 Å². The Bertz CT molecular complexity index is 901. The summed E-state index contributed by atoms with van der Waals surface area (Å²) in [6, 6.07) is 6.50. The molecule has 0 saturated carbocycles. The lowest BCUT2D eigenvalue weighted by Crippen LogP contribution is -2.26. The van der Waals surface area contributed by atoms with Gasteiger partial charge in [0.2, 0.25) is 0 Å². The third-order valence-corrected chi connectivity index (χ3v) is 5.43. The van der Waals surface area contributed by atoms with Gasteiger partial charge >= 0.3 is 0 Å². The van der Waals surface area contributed by atoms with Crippen LogP contribution in [0.5, 0.6) is 0 Å². The summed E-state index contributed by atoms with van der Waals surface area (Å²) in [5.41, 5.74) is -0.795. The summed E-state index contributed by atoms with van der Waals surface area (Å²) in [6.45, 7) is 0. The van der Waals surface area contributed by atoms with E-state index in [2.05, 4.69) is 10.2 Å². The first-order valence-electron chi connectivity index (χ1n) is 6.76. The minimum atomic E-state index is -4.11. The first kappa shape index (κ1) is 19.3. The molecule has 25 heavy (non-hydrogen) atoms. The quantitative estimate of drug-likeness (QED) is 0.796. The average Bonchev–Trinajstić information content (AvgIpc) is 2.57. The third-order valence-electron chi connectivity index (χ3n) is 3.27. The predicted octanol–water partition coefficient (Wildman–Crippen LogP) is 3.05. The molecule has 0 fully saturated rings. The van der Waals surface area contributed by atoms with Gasteiger partial charge in [-0.2, -0.15) is 0 Å². The monoisotopic (exact) mass is 390 g/mol. The molecule has 2 aromatic rings. The van der Waals surface area contributed by atoms with Crippen molar-refractivity contribution in [3.05, 3.63) is 58.6 Å². The van der Waals surface area contributed by atoms with Crippen molar-refractivity contribution in [1.82, 2.24) is 4.47 Å². The van der Waals surface area contributed by atoms with Crippen LogP contribution in [0.2, 0.25) is 5.02 Å². The minimum Gasteiger partial charge on any atom is -0.317 e. The number of carbonyl (C=O) groups is 1. The lowest BCUT2D eigenvalue weighted by atomic mass is 10.2. The van der Waals surface area contributed by atoms with Crippen LogP contribution >= 0.6 is 11.6 Å². The van der Waals surface area contributed by atoms with Gasteiger partial charge in [0.05, 0.1) is 12.1 Å². The molecule has 0 saturated heterocycles. The van der Waals surface area contributed by atoms with E-state index in [-0.39, 0.29) is 15.5 Å². The molecule has 2 rings (SSSR count). The predicted molar refractivity (Wildman–Crippen MR) is 87.7 cm³/mol. The summed E-state index contributed by atoms with van der Waals surface area (Å²) in [7, 11) is -1.83. The number of anilines is 1. The highest BCUT2D eigenvalue weighted by Gasteiger charge is 2.25. The number of amides is 1. The number of nitrogens with one attached hydrogen (secondary N) is 1. The molecule has 0 aliphatic heterocycles. The molecule has 0 radical (unpaired) electrons. The van der Waals surface area contributed by atoms with Crippen LogP contribution in [0.4, 0.5) is 14.5 Å². The van der Waals surface area contributed by atoms with Crippen molar-refractivity contribution in [2.45, 2.75) is 4.90 Å². The number of nitrogens with zero attached hydrogens (tertiary/aromatic N) is 1. The van der Waals surface area contributed by atoms with Crippen molar-refractivity contribution in [3.63, 3.8) is 0 Å². The fourth-order valence-corrected chi connectivity index (χ4v) is 3.36. The summed E-state index contributed by atoms with van der Waals surface area (Å²) in [5, 5.41) is 1.92. The Hall–Kier alpha value is -2.07. The molecule has 0 aliphatic carbocycles. The van der Waals surface area contributed by atoms with Gasteiger partial charge in [0, 0.05) is 12.6 Å². The van der Waals surface area contributed by atoms with Crippen molar-refractivity contribution in [2.75, 3.05) is 19.5 Å². The van der Waals surface area contributed by atoms with Gasteiger partial charge in [-0.3, -0.25) is 9.63 Å². The van der Waals surface area contributed by atoms with E-state index >= 15 is 0 Å². The summed E-state index contributed by atoms with van der Waals surface area (Å²) in [5.74, 6) is -2.83. The van der Waals surface area contributed by atoms with E-state index < -0.39 is 33.3 Å². The Kier molecular flexibility index (Phi) is 5.73. The zero-order valence-electron chi connectivity index (χ0n) is 13.1. The molecule has 0 bridgehead atoms. The van der Waals surface area contributed by atoms with E-state index in [1.165, 1.54) is 12.1 Å². The van der Waals surface area contributed by atoms with Crippen LogP contribution in [0.3, 0.4) is 0 Å². The fourth-order valence-electron chi connectivity index (χ4n) is 1.88. The maximum absolute atomic E-state index is 13.6. The second kappa shape index (κ2) is 7.44. The third kappa shape index (κ3) is 3.96. The molecule has 0 heterocycles. The highest BCUT2D eigenvalue weighted by Crippen LogP contribution is 2.26. The van der Waals surface area contributed by atoms with Crippen LogP contribution in [0.25, 0.3) is 0 Å². The van der Waals surface area contributed by atoms with E-state index in [1.54, 1.807) is 0 Å². The molecule has 134 valence electrons. The standard InChI is InChI=1S/C15H13ClF2N2O4S/c1-20(24-2)25(22,23)13-8-9(6-7-10(13)16)15(21)19-14-11(17)4-3-5-12(14)18/h3-8H,1-2H3,(H,19,21). The minimum absolute atomic E-state index is 0.141. The summed E-state index contributed by atoms with van der Waals surface area (Å²) in [6.07, 6.45) is 0. The van der Waals surface area contributed by atoms with Crippen LogP contribution in [-0.2, 0) is 14.9 Å². The average molecular weight is 391 g/mol. The van der Waals surface area contributed by atoms with Crippen LogP contribution in [-0.4, -0.2) is 33.0 Å². The van der Waals surface area contributed by atoms with E-state index in [0.29, 0.717) is 4.47 Å². The molecule has 10 heteroatoms. The molecular weight excluding hydrogens is 378 g/mol. The number of para-hydroxylation sites is 1. The smallest absolute Gasteiger partial charge is 0.266 e. The van der Waals surface area contributed by atoms with Gasteiger partial charge in [-0.25, -0.2) is 17.2 Å². The van der Waals surface area contributed by atoms with Gasteiger partial charge < -0.3 is 5.32 Å². The first-order valence-corrected chi connectivity index (χ1v) is 8.58. The largest absolute Gasteiger partial charge is 0.317 e. The first-order chi connectivity index (χ1) is 11.7. The maximum atomic E-state index is 13.6. The number of hydrogen-bond acceptors (Lipinski definition) is 4. The molecule has 1 amide bonds. The van der Waals surface area contributed by atoms with Crippen molar-refractivity contribution in [1.29, 1.82) is 0 Å².